The molecular formula is C16H22N4O. The summed E-state index contributed by atoms with van der Waals surface area (Å²) in [6.45, 7) is 6.06. The number of hydrogen-bond donors (Lipinski definition) is 1. The van der Waals surface area contributed by atoms with Crippen molar-refractivity contribution in [1.82, 2.24) is 9.97 Å². The van der Waals surface area contributed by atoms with E-state index in [-0.39, 0.29) is 0 Å². The Morgan fingerprint density at radius 1 is 1.24 bits per heavy atom. The van der Waals surface area contributed by atoms with Crippen LogP contribution < -0.4 is 15.4 Å². The fraction of sp³-hybridized carbons (Fsp3) is 0.375. The van der Waals surface area contributed by atoms with Crippen molar-refractivity contribution < 1.29 is 4.74 Å². The molecule has 0 amide bonds. The van der Waals surface area contributed by atoms with Crippen molar-refractivity contribution in [3.8, 4) is 5.88 Å². The molecule has 1 aromatic carbocycles. The van der Waals surface area contributed by atoms with Gasteiger partial charge in [-0.15, -0.1) is 0 Å². The van der Waals surface area contributed by atoms with Gasteiger partial charge in [-0.25, -0.2) is 9.97 Å². The maximum absolute atomic E-state index is 5.66. The summed E-state index contributed by atoms with van der Waals surface area (Å²) in [7, 11) is 0. The third-order valence-corrected chi connectivity index (χ3v) is 3.10. The van der Waals surface area contributed by atoms with Crippen LogP contribution in [-0.2, 0) is 0 Å². The summed E-state index contributed by atoms with van der Waals surface area (Å²) in [6.07, 6.45) is 2.42. The van der Waals surface area contributed by atoms with Gasteiger partial charge < -0.3 is 15.4 Å². The zero-order chi connectivity index (χ0) is 15.1. The Bertz CT molecular complexity index is 574. The highest BCUT2D eigenvalue weighted by Crippen LogP contribution is 2.26. The number of rotatable bonds is 7. The van der Waals surface area contributed by atoms with Crippen LogP contribution in [0.15, 0.2) is 36.7 Å². The van der Waals surface area contributed by atoms with Crippen LogP contribution in [0, 0.1) is 6.92 Å². The van der Waals surface area contributed by atoms with E-state index in [0.717, 1.165) is 24.5 Å². The van der Waals surface area contributed by atoms with Crippen LogP contribution in [0.5, 0.6) is 5.88 Å². The van der Waals surface area contributed by atoms with E-state index >= 15 is 0 Å². The number of aromatic nitrogens is 2. The topological polar surface area (TPSA) is 64.3 Å². The summed E-state index contributed by atoms with van der Waals surface area (Å²) < 4.78 is 5.46. The molecule has 0 aliphatic heterocycles. The van der Waals surface area contributed by atoms with Gasteiger partial charge in [0.05, 0.1) is 6.61 Å². The van der Waals surface area contributed by atoms with Gasteiger partial charge in [0, 0.05) is 18.3 Å². The van der Waals surface area contributed by atoms with E-state index in [4.69, 9.17) is 10.5 Å². The molecule has 0 aliphatic carbocycles. The van der Waals surface area contributed by atoms with Crippen molar-refractivity contribution in [1.29, 1.82) is 0 Å². The lowest BCUT2D eigenvalue weighted by atomic mass is 10.2. The van der Waals surface area contributed by atoms with Crippen LogP contribution >= 0.6 is 0 Å². The number of anilines is 2. The van der Waals surface area contributed by atoms with Crippen LogP contribution in [0.1, 0.15) is 18.9 Å². The lowest BCUT2D eigenvalue weighted by molar-refractivity contribution is 0.326. The molecule has 5 heteroatoms. The molecule has 21 heavy (non-hydrogen) atoms. The summed E-state index contributed by atoms with van der Waals surface area (Å²) in [5.74, 6) is 1.42. The first kappa shape index (κ1) is 15.3. The SMILES string of the molecule is CCOc1cc(N(CCCN)c2cccc(C)c2)ncn1. The quantitative estimate of drug-likeness (QED) is 0.847. The molecule has 0 radical (unpaired) electrons. The molecule has 0 saturated heterocycles. The average molecular weight is 286 g/mol. The predicted molar refractivity (Wildman–Crippen MR) is 85.1 cm³/mol. The smallest absolute Gasteiger partial charge is 0.218 e. The zero-order valence-electron chi connectivity index (χ0n) is 12.6. The highest BCUT2D eigenvalue weighted by Gasteiger charge is 2.12. The molecule has 0 unspecified atom stereocenters. The summed E-state index contributed by atoms with van der Waals surface area (Å²) in [5, 5.41) is 0. The van der Waals surface area contributed by atoms with E-state index < -0.39 is 0 Å². The molecule has 1 heterocycles. The minimum Gasteiger partial charge on any atom is -0.478 e. The van der Waals surface area contributed by atoms with Gasteiger partial charge in [0.15, 0.2) is 0 Å². The molecule has 0 aliphatic rings. The number of nitrogens with zero attached hydrogens (tertiary/aromatic N) is 3. The number of benzene rings is 1. The lowest BCUT2D eigenvalue weighted by Gasteiger charge is -2.24. The molecule has 0 atom stereocenters. The molecule has 112 valence electrons. The Morgan fingerprint density at radius 2 is 2.10 bits per heavy atom. The molecule has 5 nitrogen and oxygen atoms in total. The molecule has 0 spiro atoms. The Hall–Kier alpha value is -2.14. The molecule has 1 aromatic heterocycles. The van der Waals surface area contributed by atoms with Gasteiger partial charge >= 0.3 is 0 Å². The normalized spacial score (nSPS) is 10.4. The molecule has 0 fully saturated rings. The fourth-order valence-corrected chi connectivity index (χ4v) is 2.13. The van der Waals surface area contributed by atoms with Crippen molar-refractivity contribution in [3.05, 3.63) is 42.2 Å². The third kappa shape index (κ3) is 4.16. The first-order valence-corrected chi connectivity index (χ1v) is 7.23. The van der Waals surface area contributed by atoms with Gasteiger partial charge in [0.1, 0.15) is 12.1 Å². The van der Waals surface area contributed by atoms with Crippen LogP contribution in [0.3, 0.4) is 0 Å². The van der Waals surface area contributed by atoms with E-state index in [1.807, 2.05) is 19.1 Å². The monoisotopic (exact) mass is 286 g/mol. The molecule has 2 rings (SSSR count). The maximum Gasteiger partial charge on any atom is 0.218 e. The van der Waals surface area contributed by atoms with E-state index in [0.29, 0.717) is 19.0 Å². The van der Waals surface area contributed by atoms with Gasteiger partial charge in [0.25, 0.3) is 0 Å². The highest BCUT2D eigenvalue weighted by atomic mass is 16.5. The second-order valence-electron chi connectivity index (χ2n) is 4.78. The Morgan fingerprint density at radius 3 is 2.81 bits per heavy atom. The minimum absolute atomic E-state index is 0.587. The van der Waals surface area contributed by atoms with Gasteiger partial charge in [-0.1, -0.05) is 12.1 Å². The molecule has 0 bridgehead atoms. The Kier molecular flexibility index (Phi) is 5.51. The summed E-state index contributed by atoms with van der Waals surface area (Å²) >= 11 is 0. The van der Waals surface area contributed by atoms with Gasteiger partial charge in [-0.2, -0.15) is 0 Å². The van der Waals surface area contributed by atoms with E-state index in [1.165, 1.54) is 11.9 Å². The Balaban J connectivity index is 2.33. The predicted octanol–water partition coefficient (Wildman–Crippen LogP) is 2.67. The van der Waals surface area contributed by atoms with Crippen molar-refractivity contribution in [2.45, 2.75) is 20.3 Å². The van der Waals surface area contributed by atoms with Crippen LogP contribution in [0.2, 0.25) is 0 Å². The average Bonchev–Trinajstić information content (AvgIpc) is 2.49. The zero-order valence-corrected chi connectivity index (χ0v) is 12.6. The fourth-order valence-electron chi connectivity index (χ4n) is 2.13. The summed E-state index contributed by atoms with van der Waals surface area (Å²) in [5.41, 5.74) is 7.97. The van der Waals surface area contributed by atoms with Gasteiger partial charge in [-0.3, -0.25) is 0 Å². The van der Waals surface area contributed by atoms with Crippen molar-refractivity contribution in [3.63, 3.8) is 0 Å². The van der Waals surface area contributed by atoms with E-state index in [1.54, 1.807) is 0 Å². The number of ether oxygens (including phenoxy) is 1. The molecule has 2 N–H and O–H groups in total. The van der Waals surface area contributed by atoms with E-state index in [9.17, 15) is 0 Å². The third-order valence-electron chi connectivity index (χ3n) is 3.10. The van der Waals surface area contributed by atoms with Crippen LogP contribution in [0.25, 0.3) is 0 Å². The number of aryl methyl sites for hydroxylation is 1. The van der Waals surface area contributed by atoms with E-state index in [2.05, 4.69) is 40.0 Å². The second kappa shape index (κ2) is 7.59. The molecule has 2 aromatic rings. The van der Waals surface area contributed by atoms with Crippen LogP contribution in [-0.4, -0.2) is 29.7 Å². The van der Waals surface area contributed by atoms with Crippen molar-refractivity contribution in [2.75, 3.05) is 24.6 Å². The summed E-state index contributed by atoms with van der Waals surface area (Å²) in [4.78, 5) is 10.6. The Labute approximate surface area is 125 Å². The molecular weight excluding hydrogens is 264 g/mol. The lowest BCUT2D eigenvalue weighted by Crippen LogP contribution is -2.22. The number of nitrogens with two attached hydrogens (primary N) is 1. The highest BCUT2D eigenvalue weighted by molar-refractivity contribution is 5.61. The summed E-state index contributed by atoms with van der Waals surface area (Å²) in [6, 6.07) is 10.2. The van der Waals surface area contributed by atoms with Crippen molar-refractivity contribution >= 4 is 11.5 Å². The standard InChI is InChI=1S/C16H22N4O/c1-3-21-16-11-15(18-12-19-16)20(9-5-8-17)14-7-4-6-13(2)10-14/h4,6-7,10-12H,3,5,8-9,17H2,1-2H3. The number of hydrogen-bond acceptors (Lipinski definition) is 5. The minimum atomic E-state index is 0.587. The first-order chi connectivity index (χ1) is 10.2. The van der Waals surface area contributed by atoms with Gasteiger partial charge in [0.2, 0.25) is 5.88 Å². The van der Waals surface area contributed by atoms with Gasteiger partial charge in [-0.05, 0) is 44.5 Å². The largest absolute Gasteiger partial charge is 0.478 e. The van der Waals surface area contributed by atoms with Crippen LogP contribution in [0.4, 0.5) is 11.5 Å². The first-order valence-electron chi connectivity index (χ1n) is 7.23. The van der Waals surface area contributed by atoms with Crippen molar-refractivity contribution in [2.24, 2.45) is 5.73 Å². The maximum atomic E-state index is 5.66. The second-order valence-corrected chi connectivity index (χ2v) is 4.78. The molecule has 0 saturated carbocycles.